The van der Waals surface area contributed by atoms with Crippen LogP contribution in [0.2, 0.25) is 5.02 Å². The van der Waals surface area contributed by atoms with Crippen molar-refractivity contribution < 1.29 is 9.72 Å². The highest BCUT2D eigenvalue weighted by atomic mass is 35.5. The predicted octanol–water partition coefficient (Wildman–Crippen LogP) is 3.24. The van der Waals surface area contributed by atoms with Crippen molar-refractivity contribution in [3.63, 3.8) is 0 Å². The number of nitro groups is 1. The fraction of sp³-hybridized carbons (Fsp3) is 0.562. The summed E-state index contributed by atoms with van der Waals surface area (Å²) in [5.41, 5.74) is -0.211. The molecule has 1 heterocycles. The molecular formula is C16H22ClN3O3. The van der Waals surface area contributed by atoms with Gasteiger partial charge in [0.1, 0.15) is 5.56 Å². The van der Waals surface area contributed by atoms with Gasteiger partial charge >= 0.3 is 0 Å². The third-order valence-corrected chi connectivity index (χ3v) is 4.27. The Bertz CT molecular complexity index is 558. The second kappa shape index (κ2) is 8.84. The van der Waals surface area contributed by atoms with Crippen LogP contribution < -0.4 is 5.32 Å². The molecule has 1 aromatic carbocycles. The third-order valence-electron chi connectivity index (χ3n) is 4.04. The molecule has 6 nitrogen and oxygen atoms in total. The first-order chi connectivity index (χ1) is 11.1. The van der Waals surface area contributed by atoms with E-state index in [9.17, 15) is 14.9 Å². The van der Waals surface area contributed by atoms with E-state index in [4.69, 9.17) is 11.6 Å². The molecule has 1 aliphatic heterocycles. The van der Waals surface area contributed by atoms with E-state index in [0.29, 0.717) is 11.6 Å². The van der Waals surface area contributed by atoms with Gasteiger partial charge < -0.3 is 10.2 Å². The Hall–Kier alpha value is -1.66. The van der Waals surface area contributed by atoms with Gasteiger partial charge in [-0.05, 0) is 51.0 Å². The number of benzene rings is 1. The summed E-state index contributed by atoms with van der Waals surface area (Å²) < 4.78 is 0. The second-order valence-corrected chi connectivity index (χ2v) is 6.22. The molecule has 7 heteroatoms. The maximum Gasteiger partial charge on any atom is 0.282 e. The number of likely N-dealkylation sites (tertiary alicyclic amines) is 1. The molecule has 0 spiro atoms. The summed E-state index contributed by atoms with van der Waals surface area (Å²) in [7, 11) is 0. The van der Waals surface area contributed by atoms with E-state index in [-0.39, 0.29) is 11.3 Å². The zero-order valence-electron chi connectivity index (χ0n) is 13.1. The first-order valence-electron chi connectivity index (χ1n) is 8.02. The number of amides is 1. The average molecular weight is 340 g/mol. The molecule has 0 aliphatic carbocycles. The van der Waals surface area contributed by atoms with E-state index in [1.807, 2.05) is 0 Å². The molecule has 1 aliphatic rings. The van der Waals surface area contributed by atoms with Gasteiger partial charge in [-0.15, -0.1) is 0 Å². The highest BCUT2D eigenvalue weighted by molar-refractivity contribution is 6.31. The Morgan fingerprint density at radius 2 is 1.96 bits per heavy atom. The van der Waals surface area contributed by atoms with Crippen LogP contribution in [0.1, 0.15) is 42.5 Å². The van der Waals surface area contributed by atoms with E-state index < -0.39 is 10.8 Å². The molecule has 1 N–H and O–H groups in total. The van der Waals surface area contributed by atoms with Crippen molar-refractivity contribution in [2.45, 2.75) is 32.1 Å². The van der Waals surface area contributed by atoms with Crippen molar-refractivity contribution in [2.75, 3.05) is 26.2 Å². The van der Waals surface area contributed by atoms with Crippen LogP contribution in [0.4, 0.5) is 5.69 Å². The minimum Gasteiger partial charge on any atom is -0.352 e. The molecule has 0 atom stereocenters. The fourth-order valence-corrected chi connectivity index (χ4v) is 2.98. The number of rotatable bonds is 6. The number of carbonyl (C=O) groups is 1. The molecule has 1 amide bonds. The fourth-order valence-electron chi connectivity index (χ4n) is 2.81. The Labute approximate surface area is 141 Å². The van der Waals surface area contributed by atoms with Crippen LogP contribution in [0.15, 0.2) is 18.2 Å². The summed E-state index contributed by atoms with van der Waals surface area (Å²) in [5.74, 6) is -0.449. The minimum atomic E-state index is -0.567. The van der Waals surface area contributed by atoms with E-state index in [0.717, 1.165) is 26.1 Å². The summed E-state index contributed by atoms with van der Waals surface area (Å²) in [4.78, 5) is 25.0. The second-order valence-electron chi connectivity index (χ2n) is 5.78. The van der Waals surface area contributed by atoms with E-state index in [2.05, 4.69) is 10.2 Å². The standard InChI is InChI=1S/C16H22ClN3O3/c17-13-6-7-15(20(22)23)14(12-13)16(21)18-8-5-11-19-9-3-1-2-4-10-19/h6-7,12H,1-5,8-11H2,(H,18,21). The summed E-state index contributed by atoms with van der Waals surface area (Å²) in [6.07, 6.45) is 5.90. The van der Waals surface area contributed by atoms with Gasteiger partial charge in [-0.25, -0.2) is 0 Å². The molecule has 1 saturated heterocycles. The van der Waals surface area contributed by atoms with Gasteiger partial charge in [0.15, 0.2) is 0 Å². The Morgan fingerprint density at radius 3 is 2.61 bits per heavy atom. The molecule has 126 valence electrons. The largest absolute Gasteiger partial charge is 0.352 e. The maximum atomic E-state index is 12.1. The van der Waals surface area contributed by atoms with Crippen molar-refractivity contribution in [3.8, 4) is 0 Å². The number of nitro benzene ring substituents is 1. The Balaban J connectivity index is 1.83. The van der Waals surface area contributed by atoms with Gasteiger partial charge in [0.2, 0.25) is 0 Å². The SMILES string of the molecule is O=C(NCCCN1CCCCCC1)c1cc(Cl)ccc1[N+](=O)[O-]. The number of hydrogen-bond acceptors (Lipinski definition) is 4. The molecule has 2 rings (SSSR count). The van der Waals surface area contributed by atoms with Crippen molar-refractivity contribution in [3.05, 3.63) is 38.9 Å². The quantitative estimate of drug-likeness (QED) is 0.490. The normalized spacial score (nSPS) is 15.9. The van der Waals surface area contributed by atoms with Crippen LogP contribution in [-0.4, -0.2) is 41.9 Å². The van der Waals surface area contributed by atoms with Crippen LogP contribution in [0, 0.1) is 10.1 Å². The lowest BCUT2D eigenvalue weighted by atomic mass is 10.1. The van der Waals surface area contributed by atoms with Gasteiger partial charge in [0.05, 0.1) is 4.92 Å². The lowest BCUT2D eigenvalue weighted by Gasteiger charge is -2.19. The third kappa shape index (κ3) is 5.48. The number of nitrogens with one attached hydrogen (secondary N) is 1. The molecule has 0 aromatic heterocycles. The van der Waals surface area contributed by atoms with Crippen molar-refractivity contribution in [1.29, 1.82) is 0 Å². The van der Waals surface area contributed by atoms with E-state index >= 15 is 0 Å². The van der Waals surface area contributed by atoms with E-state index in [1.54, 1.807) is 0 Å². The molecule has 0 unspecified atom stereocenters. The van der Waals surface area contributed by atoms with Crippen LogP contribution >= 0.6 is 11.6 Å². The van der Waals surface area contributed by atoms with Gasteiger partial charge in [0.25, 0.3) is 11.6 Å². The van der Waals surface area contributed by atoms with Crippen LogP contribution in [-0.2, 0) is 0 Å². The van der Waals surface area contributed by atoms with Gasteiger partial charge in [-0.3, -0.25) is 14.9 Å². The topological polar surface area (TPSA) is 75.5 Å². The number of nitrogens with zero attached hydrogens (tertiary/aromatic N) is 2. The first kappa shape index (κ1) is 17.7. The average Bonchev–Trinajstić information content (AvgIpc) is 2.79. The molecule has 0 bridgehead atoms. The minimum absolute atomic E-state index is 0.0114. The molecule has 1 fully saturated rings. The van der Waals surface area contributed by atoms with Gasteiger partial charge in [-0.2, -0.15) is 0 Å². The van der Waals surface area contributed by atoms with Gasteiger partial charge in [-0.1, -0.05) is 24.4 Å². The van der Waals surface area contributed by atoms with Crippen molar-refractivity contribution in [1.82, 2.24) is 10.2 Å². The molecule has 1 aromatic rings. The Morgan fingerprint density at radius 1 is 1.26 bits per heavy atom. The summed E-state index contributed by atoms with van der Waals surface area (Å²) in [6.45, 7) is 3.68. The maximum absolute atomic E-state index is 12.1. The molecular weight excluding hydrogens is 318 g/mol. The lowest BCUT2D eigenvalue weighted by Crippen LogP contribution is -2.30. The van der Waals surface area contributed by atoms with Crippen LogP contribution in [0.5, 0.6) is 0 Å². The monoisotopic (exact) mass is 339 g/mol. The van der Waals surface area contributed by atoms with Gasteiger partial charge in [0, 0.05) is 17.6 Å². The van der Waals surface area contributed by atoms with Crippen molar-refractivity contribution >= 4 is 23.2 Å². The summed E-state index contributed by atoms with van der Waals surface area (Å²) >= 11 is 5.83. The highest BCUT2D eigenvalue weighted by Gasteiger charge is 2.20. The number of halogens is 1. The van der Waals surface area contributed by atoms with Crippen molar-refractivity contribution in [2.24, 2.45) is 0 Å². The van der Waals surface area contributed by atoms with Crippen LogP contribution in [0.3, 0.4) is 0 Å². The predicted molar refractivity (Wildman–Crippen MR) is 90.0 cm³/mol. The van der Waals surface area contributed by atoms with E-state index in [1.165, 1.54) is 43.9 Å². The lowest BCUT2D eigenvalue weighted by molar-refractivity contribution is -0.385. The highest BCUT2D eigenvalue weighted by Crippen LogP contribution is 2.22. The smallest absolute Gasteiger partial charge is 0.282 e. The number of hydrogen-bond donors (Lipinski definition) is 1. The molecule has 0 saturated carbocycles. The Kier molecular flexibility index (Phi) is 6.80. The van der Waals surface area contributed by atoms with Crippen LogP contribution in [0.25, 0.3) is 0 Å². The zero-order chi connectivity index (χ0) is 16.7. The number of carbonyl (C=O) groups excluding carboxylic acids is 1. The molecule has 23 heavy (non-hydrogen) atoms. The zero-order valence-corrected chi connectivity index (χ0v) is 13.8. The summed E-state index contributed by atoms with van der Waals surface area (Å²) in [5, 5.41) is 14.0. The molecule has 0 radical (unpaired) electrons. The first-order valence-corrected chi connectivity index (χ1v) is 8.40. The summed E-state index contributed by atoms with van der Waals surface area (Å²) in [6, 6.07) is 4.01.